The molecule has 0 radical (unpaired) electrons. The van der Waals surface area contributed by atoms with Gasteiger partial charge in [0.1, 0.15) is 0 Å². The summed E-state index contributed by atoms with van der Waals surface area (Å²) < 4.78 is 1.67. The molecular weight excluding hydrogens is 386 g/mol. The minimum atomic E-state index is -0.186. The maximum absolute atomic E-state index is 11.8. The number of hydrogen-bond donors (Lipinski definition) is 1. The molecule has 1 amide bonds. The van der Waals surface area contributed by atoms with E-state index in [9.17, 15) is 4.79 Å². The monoisotopic (exact) mass is 401 g/mol. The molecule has 0 aliphatic rings. The number of aromatic nitrogens is 3. The minimum absolute atomic E-state index is 0.186. The van der Waals surface area contributed by atoms with Crippen LogP contribution in [0.4, 0.5) is 0 Å². The molecule has 0 atom stereocenters. The zero-order chi connectivity index (χ0) is 18.0. The second-order valence-corrected chi connectivity index (χ2v) is 8.39. The third kappa shape index (κ3) is 6.25. The summed E-state index contributed by atoms with van der Waals surface area (Å²) in [4.78, 5) is 15.7. The van der Waals surface area contributed by atoms with E-state index in [-0.39, 0.29) is 11.7 Å². The summed E-state index contributed by atoms with van der Waals surface area (Å²) in [6.45, 7) is 0. The SMILES string of the molecule is O=C(CSc1nnc(SCc2ccccc2)s1)N/N=C/c1ccncc1. The van der Waals surface area contributed by atoms with Gasteiger partial charge in [0, 0.05) is 18.1 Å². The molecule has 132 valence electrons. The fourth-order valence-electron chi connectivity index (χ4n) is 1.82. The largest absolute Gasteiger partial charge is 0.272 e. The fraction of sp³-hybridized carbons (Fsp3) is 0.118. The Balaban J connectivity index is 1.40. The first-order chi connectivity index (χ1) is 12.8. The molecule has 0 bridgehead atoms. The Morgan fingerprint density at radius 1 is 1.08 bits per heavy atom. The highest BCUT2D eigenvalue weighted by molar-refractivity contribution is 8.03. The van der Waals surface area contributed by atoms with E-state index in [1.54, 1.807) is 42.5 Å². The zero-order valence-corrected chi connectivity index (χ0v) is 16.1. The van der Waals surface area contributed by atoms with E-state index in [0.717, 1.165) is 20.0 Å². The lowest BCUT2D eigenvalue weighted by atomic mass is 10.2. The van der Waals surface area contributed by atoms with Gasteiger partial charge >= 0.3 is 0 Å². The van der Waals surface area contributed by atoms with Crippen LogP contribution in [0.15, 0.2) is 68.6 Å². The molecule has 3 aromatic rings. The van der Waals surface area contributed by atoms with E-state index in [1.807, 2.05) is 18.2 Å². The van der Waals surface area contributed by atoms with E-state index in [4.69, 9.17) is 0 Å². The number of hydrogen-bond acceptors (Lipinski definition) is 8. The smallest absolute Gasteiger partial charge is 0.250 e. The summed E-state index contributed by atoms with van der Waals surface area (Å²) in [5.74, 6) is 0.907. The number of thioether (sulfide) groups is 2. The first kappa shape index (κ1) is 18.6. The van der Waals surface area contributed by atoms with Crippen molar-refractivity contribution in [2.45, 2.75) is 14.4 Å². The van der Waals surface area contributed by atoms with Gasteiger partial charge in [0.2, 0.25) is 0 Å². The second kappa shape index (κ2) is 10.0. The van der Waals surface area contributed by atoms with Crippen LogP contribution in [0.2, 0.25) is 0 Å². The van der Waals surface area contributed by atoms with Crippen molar-refractivity contribution in [3.8, 4) is 0 Å². The van der Waals surface area contributed by atoms with Crippen LogP contribution in [0.25, 0.3) is 0 Å². The van der Waals surface area contributed by atoms with Gasteiger partial charge in [-0.15, -0.1) is 10.2 Å². The highest BCUT2D eigenvalue weighted by Crippen LogP contribution is 2.30. The lowest BCUT2D eigenvalue weighted by molar-refractivity contribution is -0.118. The van der Waals surface area contributed by atoms with Gasteiger partial charge in [-0.2, -0.15) is 5.10 Å². The average Bonchev–Trinajstić information content (AvgIpc) is 3.14. The third-order valence-electron chi connectivity index (χ3n) is 3.03. The Labute approximate surface area is 163 Å². The number of rotatable bonds is 8. The lowest BCUT2D eigenvalue weighted by Gasteiger charge is -1.97. The lowest BCUT2D eigenvalue weighted by Crippen LogP contribution is -2.19. The van der Waals surface area contributed by atoms with Gasteiger partial charge in [-0.25, -0.2) is 5.43 Å². The number of benzene rings is 1. The highest BCUT2D eigenvalue weighted by Gasteiger charge is 2.08. The van der Waals surface area contributed by atoms with Crippen molar-refractivity contribution in [2.24, 2.45) is 5.10 Å². The van der Waals surface area contributed by atoms with Crippen LogP contribution in [-0.4, -0.2) is 33.1 Å². The Morgan fingerprint density at radius 3 is 2.58 bits per heavy atom. The summed E-state index contributed by atoms with van der Waals surface area (Å²) in [5, 5.41) is 12.2. The maximum atomic E-state index is 11.8. The molecule has 0 unspecified atom stereocenters. The molecular formula is C17H15N5OS3. The van der Waals surface area contributed by atoms with Crippen LogP contribution < -0.4 is 5.43 Å². The van der Waals surface area contributed by atoms with Crippen LogP contribution in [-0.2, 0) is 10.5 Å². The van der Waals surface area contributed by atoms with Crippen molar-refractivity contribution in [1.29, 1.82) is 0 Å². The number of nitrogens with zero attached hydrogens (tertiary/aromatic N) is 4. The molecule has 1 N–H and O–H groups in total. The summed E-state index contributed by atoms with van der Waals surface area (Å²) in [5.41, 5.74) is 4.61. The van der Waals surface area contributed by atoms with Crippen molar-refractivity contribution in [1.82, 2.24) is 20.6 Å². The van der Waals surface area contributed by atoms with Crippen molar-refractivity contribution in [3.63, 3.8) is 0 Å². The van der Waals surface area contributed by atoms with Crippen LogP contribution >= 0.6 is 34.9 Å². The van der Waals surface area contributed by atoms with E-state index in [1.165, 1.54) is 28.7 Å². The second-order valence-electron chi connectivity index (χ2n) is 4.97. The predicted molar refractivity (Wildman–Crippen MR) is 107 cm³/mol. The van der Waals surface area contributed by atoms with Crippen molar-refractivity contribution in [3.05, 3.63) is 66.0 Å². The number of amides is 1. The van der Waals surface area contributed by atoms with Crippen LogP contribution in [0, 0.1) is 0 Å². The molecule has 26 heavy (non-hydrogen) atoms. The minimum Gasteiger partial charge on any atom is -0.272 e. The molecule has 6 nitrogen and oxygen atoms in total. The van der Waals surface area contributed by atoms with Gasteiger partial charge in [-0.3, -0.25) is 9.78 Å². The molecule has 0 saturated carbocycles. The van der Waals surface area contributed by atoms with E-state index in [0.29, 0.717) is 0 Å². The van der Waals surface area contributed by atoms with Crippen molar-refractivity contribution in [2.75, 3.05) is 5.75 Å². The van der Waals surface area contributed by atoms with Crippen molar-refractivity contribution < 1.29 is 4.79 Å². The quantitative estimate of drug-likeness (QED) is 0.354. The van der Waals surface area contributed by atoms with Gasteiger partial charge < -0.3 is 0 Å². The zero-order valence-electron chi connectivity index (χ0n) is 13.6. The molecule has 0 saturated heterocycles. The first-order valence-corrected chi connectivity index (χ1v) is 10.4. The van der Waals surface area contributed by atoms with Gasteiger partial charge in [0.15, 0.2) is 8.68 Å². The predicted octanol–water partition coefficient (Wildman–Crippen LogP) is 3.47. The summed E-state index contributed by atoms with van der Waals surface area (Å²) in [6.07, 6.45) is 4.91. The average molecular weight is 402 g/mol. The summed E-state index contributed by atoms with van der Waals surface area (Å²) >= 11 is 4.49. The Kier molecular flexibility index (Phi) is 7.17. The molecule has 0 spiro atoms. The van der Waals surface area contributed by atoms with Crippen LogP contribution in [0.3, 0.4) is 0 Å². The van der Waals surface area contributed by atoms with Crippen molar-refractivity contribution >= 4 is 47.0 Å². The normalized spacial score (nSPS) is 10.9. The van der Waals surface area contributed by atoms with E-state index in [2.05, 4.69) is 37.8 Å². The van der Waals surface area contributed by atoms with Crippen LogP contribution in [0.1, 0.15) is 11.1 Å². The first-order valence-electron chi connectivity index (χ1n) is 7.64. The summed E-state index contributed by atoms with van der Waals surface area (Å²) in [7, 11) is 0. The molecule has 9 heteroatoms. The number of carbonyl (C=O) groups excluding carboxylic acids is 1. The molecule has 0 aliphatic heterocycles. The van der Waals surface area contributed by atoms with E-state index < -0.39 is 0 Å². The summed E-state index contributed by atoms with van der Waals surface area (Å²) in [6, 6.07) is 13.8. The number of pyridine rings is 1. The van der Waals surface area contributed by atoms with Gasteiger partial charge in [-0.05, 0) is 23.3 Å². The number of hydrazone groups is 1. The Bertz CT molecular complexity index is 855. The molecule has 1 aromatic carbocycles. The maximum Gasteiger partial charge on any atom is 0.250 e. The third-order valence-corrected chi connectivity index (χ3v) is 6.29. The highest BCUT2D eigenvalue weighted by atomic mass is 32.2. The van der Waals surface area contributed by atoms with Gasteiger partial charge in [-0.1, -0.05) is 65.2 Å². The van der Waals surface area contributed by atoms with E-state index >= 15 is 0 Å². The Morgan fingerprint density at radius 2 is 1.81 bits per heavy atom. The Hall–Kier alpha value is -2.23. The van der Waals surface area contributed by atoms with Gasteiger partial charge in [0.05, 0.1) is 12.0 Å². The molecule has 2 heterocycles. The number of carbonyl (C=O) groups is 1. The fourth-order valence-corrected chi connectivity index (χ4v) is 4.59. The van der Waals surface area contributed by atoms with Gasteiger partial charge in [0.25, 0.3) is 5.91 Å². The molecule has 2 aromatic heterocycles. The topological polar surface area (TPSA) is 80.1 Å². The molecule has 3 rings (SSSR count). The molecule has 0 fully saturated rings. The van der Waals surface area contributed by atoms with Crippen LogP contribution in [0.5, 0.6) is 0 Å². The molecule has 0 aliphatic carbocycles. The standard InChI is InChI=1S/C17H15N5OS3/c23-15(20-19-10-13-6-8-18-9-7-13)12-25-17-22-21-16(26-17)24-11-14-4-2-1-3-5-14/h1-10H,11-12H2,(H,20,23)/b19-10+. The number of nitrogens with one attached hydrogen (secondary N) is 1.